The summed E-state index contributed by atoms with van der Waals surface area (Å²) in [6.45, 7) is 0. The van der Waals surface area contributed by atoms with Gasteiger partial charge in [0, 0.05) is 11.8 Å². The molecule has 0 bridgehead atoms. The van der Waals surface area contributed by atoms with Gasteiger partial charge < -0.3 is 10.1 Å². The topological polar surface area (TPSA) is 21.3 Å². The van der Waals surface area contributed by atoms with E-state index in [0.717, 1.165) is 12.1 Å². The van der Waals surface area contributed by atoms with Gasteiger partial charge in [0.05, 0.1) is 12.8 Å². The van der Waals surface area contributed by atoms with E-state index in [1.165, 1.54) is 7.11 Å². The highest BCUT2D eigenvalue weighted by Gasteiger charge is 2.13. The first-order valence-corrected chi connectivity index (χ1v) is 5.16. The van der Waals surface area contributed by atoms with E-state index in [9.17, 15) is 13.2 Å². The SMILES string of the molecule is COc1cccc(Nc2ccc(F)c(F)c2F)c1. The quantitative estimate of drug-likeness (QED) is 0.839. The van der Waals surface area contributed by atoms with Gasteiger partial charge in [-0.05, 0) is 24.3 Å². The molecule has 2 aromatic carbocycles. The lowest BCUT2D eigenvalue weighted by Crippen LogP contribution is -1.98. The van der Waals surface area contributed by atoms with Gasteiger partial charge in [-0.3, -0.25) is 0 Å². The molecular formula is C13H10F3NO. The maximum absolute atomic E-state index is 13.4. The van der Waals surface area contributed by atoms with Gasteiger partial charge in [0.25, 0.3) is 0 Å². The van der Waals surface area contributed by atoms with Crippen molar-refractivity contribution >= 4 is 11.4 Å². The number of ether oxygens (including phenoxy) is 1. The molecule has 1 N–H and O–H groups in total. The summed E-state index contributed by atoms with van der Waals surface area (Å²) in [7, 11) is 1.50. The molecule has 0 atom stereocenters. The van der Waals surface area contributed by atoms with Crippen LogP contribution in [0.2, 0.25) is 0 Å². The van der Waals surface area contributed by atoms with E-state index in [-0.39, 0.29) is 5.69 Å². The third kappa shape index (κ3) is 2.40. The summed E-state index contributed by atoms with van der Waals surface area (Å²) in [5, 5.41) is 2.65. The largest absolute Gasteiger partial charge is 0.497 e. The fraction of sp³-hybridized carbons (Fsp3) is 0.0769. The predicted molar refractivity (Wildman–Crippen MR) is 62.6 cm³/mol. The Morgan fingerprint density at radius 1 is 1.00 bits per heavy atom. The highest BCUT2D eigenvalue weighted by molar-refractivity contribution is 5.61. The molecule has 0 unspecified atom stereocenters. The van der Waals surface area contributed by atoms with Crippen LogP contribution in [0, 0.1) is 17.5 Å². The van der Waals surface area contributed by atoms with Gasteiger partial charge in [0.1, 0.15) is 5.75 Å². The van der Waals surface area contributed by atoms with Crippen LogP contribution >= 0.6 is 0 Å². The summed E-state index contributed by atoms with van der Waals surface area (Å²) in [5.74, 6) is -3.40. The second-order valence-corrected chi connectivity index (χ2v) is 3.58. The van der Waals surface area contributed by atoms with Crippen molar-refractivity contribution in [1.82, 2.24) is 0 Å². The standard InChI is InChI=1S/C13H10F3NO/c1-18-9-4-2-3-8(7-9)17-11-6-5-10(14)12(15)13(11)16/h2-7,17H,1H3. The molecule has 0 aliphatic rings. The van der Waals surface area contributed by atoms with Crippen molar-refractivity contribution < 1.29 is 17.9 Å². The second-order valence-electron chi connectivity index (χ2n) is 3.58. The number of benzene rings is 2. The molecule has 5 heteroatoms. The lowest BCUT2D eigenvalue weighted by atomic mass is 10.2. The summed E-state index contributed by atoms with van der Waals surface area (Å²) in [6, 6.07) is 8.67. The minimum Gasteiger partial charge on any atom is -0.497 e. The molecule has 0 spiro atoms. The van der Waals surface area contributed by atoms with Crippen molar-refractivity contribution in [2.45, 2.75) is 0 Å². The van der Waals surface area contributed by atoms with Crippen LogP contribution in [0.4, 0.5) is 24.5 Å². The van der Waals surface area contributed by atoms with Crippen molar-refractivity contribution in [2.75, 3.05) is 12.4 Å². The molecule has 2 rings (SSSR count). The smallest absolute Gasteiger partial charge is 0.196 e. The van der Waals surface area contributed by atoms with E-state index in [4.69, 9.17) is 4.74 Å². The molecule has 2 nitrogen and oxygen atoms in total. The summed E-state index contributed by atoms with van der Waals surface area (Å²) in [5.41, 5.74) is 0.376. The highest BCUT2D eigenvalue weighted by Crippen LogP contribution is 2.25. The summed E-state index contributed by atoms with van der Waals surface area (Å²) in [4.78, 5) is 0. The zero-order valence-corrected chi connectivity index (χ0v) is 9.51. The van der Waals surface area contributed by atoms with E-state index >= 15 is 0 Å². The van der Waals surface area contributed by atoms with Gasteiger partial charge in [0.15, 0.2) is 17.5 Å². The van der Waals surface area contributed by atoms with Crippen LogP contribution in [-0.2, 0) is 0 Å². The fourth-order valence-corrected chi connectivity index (χ4v) is 1.48. The maximum atomic E-state index is 13.4. The average molecular weight is 253 g/mol. The minimum absolute atomic E-state index is 0.137. The van der Waals surface area contributed by atoms with Gasteiger partial charge in [-0.2, -0.15) is 0 Å². The Labute approximate surface area is 102 Å². The number of hydrogen-bond acceptors (Lipinski definition) is 2. The van der Waals surface area contributed by atoms with Crippen molar-refractivity contribution in [3.8, 4) is 5.75 Å². The Balaban J connectivity index is 2.31. The van der Waals surface area contributed by atoms with E-state index in [2.05, 4.69) is 5.32 Å². The van der Waals surface area contributed by atoms with E-state index in [0.29, 0.717) is 11.4 Å². The molecule has 0 saturated carbocycles. The number of nitrogens with one attached hydrogen (secondary N) is 1. The Kier molecular flexibility index (Phi) is 3.41. The van der Waals surface area contributed by atoms with E-state index < -0.39 is 17.5 Å². The van der Waals surface area contributed by atoms with Gasteiger partial charge in [-0.15, -0.1) is 0 Å². The Morgan fingerprint density at radius 2 is 1.78 bits per heavy atom. The average Bonchev–Trinajstić information content (AvgIpc) is 2.40. The molecule has 0 aliphatic heterocycles. The normalized spacial score (nSPS) is 10.2. The highest BCUT2D eigenvalue weighted by atomic mass is 19.2. The first-order valence-electron chi connectivity index (χ1n) is 5.16. The molecule has 94 valence electrons. The summed E-state index contributed by atoms with van der Waals surface area (Å²) in [6.07, 6.45) is 0. The van der Waals surface area contributed by atoms with Crippen LogP contribution < -0.4 is 10.1 Å². The minimum atomic E-state index is -1.50. The van der Waals surface area contributed by atoms with Crippen LogP contribution in [0.5, 0.6) is 5.75 Å². The molecule has 0 heterocycles. The lowest BCUT2D eigenvalue weighted by molar-refractivity contribution is 0.415. The number of rotatable bonds is 3. The van der Waals surface area contributed by atoms with Crippen molar-refractivity contribution in [2.24, 2.45) is 0 Å². The van der Waals surface area contributed by atoms with Crippen LogP contribution in [0.3, 0.4) is 0 Å². The molecule has 18 heavy (non-hydrogen) atoms. The molecule has 0 aliphatic carbocycles. The van der Waals surface area contributed by atoms with Gasteiger partial charge in [-0.25, -0.2) is 13.2 Å². The zero-order chi connectivity index (χ0) is 13.1. The Bertz CT molecular complexity index is 572. The molecule has 2 aromatic rings. The van der Waals surface area contributed by atoms with Crippen molar-refractivity contribution in [3.63, 3.8) is 0 Å². The van der Waals surface area contributed by atoms with Gasteiger partial charge in [0.2, 0.25) is 0 Å². The number of methoxy groups -OCH3 is 1. The predicted octanol–water partition coefficient (Wildman–Crippen LogP) is 3.86. The molecule has 0 amide bonds. The first-order chi connectivity index (χ1) is 8.61. The van der Waals surface area contributed by atoms with Crippen molar-refractivity contribution in [1.29, 1.82) is 0 Å². The Morgan fingerprint density at radius 3 is 2.50 bits per heavy atom. The first kappa shape index (κ1) is 12.3. The maximum Gasteiger partial charge on any atom is 0.196 e. The van der Waals surface area contributed by atoms with Crippen LogP contribution in [0.25, 0.3) is 0 Å². The third-order valence-corrected chi connectivity index (χ3v) is 2.38. The number of anilines is 2. The monoisotopic (exact) mass is 253 g/mol. The van der Waals surface area contributed by atoms with Gasteiger partial charge in [-0.1, -0.05) is 6.07 Å². The molecular weight excluding hydrogens is 243 g/mol. The molecule has 0 radical (unpaired) electrons. The third-order valence-electron chi connectivity index (χ3n) is 2.38. The molecule has 0 fully saturated rings. The Hall–Kier alpha value is -2.17. The van der Waals surface area contributed by atoms with E-state index in [1.54, 1.807) is 24.3 Å². The summed E-state index contributed by atoms with van der Waals surface area (Å²) >= 11 is 0. The van der Waals surface area contributed by atoms with Crippen LogP contribution in [0.1, 0.15) is 0 Å². The number of halogens is 3. The lowest BCUT2D eigenvalue weighted by Gasteiger charge is -2.09. The summed E-state index contributed by atoms with van der Waals surface area (Å²) < 4.78 is 44.2. The van der Waals surface area contributed by atoms with Crippen LogP contribution in [-0.4, -0.2) is 7.11 Å². The van der Waals surface area contributed by atoms with Crippen LogP contribution in [0.15, 0.2) is 36.4 Å². The second kappa shape index (κ2) is 5.00. The number of hydrogen-bond donors (Lipinski definition) is 1. The molecule has 0 saturated heterocycles. The fourth-order valence-electron chi connectivity index (χ4n) is 1.48. The zero-order valence-electron chi connectivity index (χ0n) is 9.51. The molecule has 0 aromatic heterocycles. The van der Waals surface area contributed by atoms with E-state index in [1.807, 2.05) is 0 Å². The van der Waals surface area contributed by atoms with Gasteiger partial charge >= 0.3 is 0 Å². The van der Waals surface area contributed by atoms with Crippen molar-refractivity contribution in [3.05, 3.63) is 53.8 Å².